The summed E-state index contributed by atoms with van der Waals surface area (Å²) >= 11 is 0. The fourth-order valence-electron chi connectivity index (χ4n) is 1.61. The molecule has 0 fully saturated rings. The van der Waals surface area contributed by atoms with E-state index in [2.05, 4.69) is 10.3 Å². The fourth-order valence-corrected chi connectivity index (χ4v) is 2.24. The summed E-state index contributed by atoms with van der Waals surface area (Å²) in [5, 5.41) is 2.99. The molecule has 1 aromatic carbocycles. The summed E-state index contributed by atoms with van der Waals surface area (Å²) in [4.78, 5) is 4.48. The second-order valence-electron chi connectivity index (χ2n) is 4.62. The molecule has 7 heteroatoms. The van der Waals surface area contributed by atoms with Crippen LogP contribution in [0, 0.1) is 0 Å². The van der Waals surface area contributed by atoms with Crippen molar-refractivity contribution >= 4 is 15.8 Å². The minimum Gasteiger partial charge on any atom is -0.383 e. The van der Waals surface area contributed by atoms with E-state index >= 15 is 0 Å². The normalized spacial score (nSPS) is 14.1. The molecular formula is C13H21N3O3S. The van der Waals surface area contributed by atoms with Crippen LogP contribution in [0.25, 0.3) is 0 Å². The van der Waals surface area contributed by atoms with E-state index in [4.69, 9.17) is 10.5 Å². The SMILES string of the molecule is COCC(C)NC(N)=NCc1ccc(S(C)(=O)=O)cc1. The second-order valence-corrected chi connectivity index (χ2v) is 6.63. The van der Waals surface area contributed by atoms with Crippen molar-refractivity contribution in [2.75, 3.05) is 20.0 Å². The summed E-state index contributed by atoms with van der Waals surface area (Å²) in [5.41, 5.74) is 6.63. The highest BCUT2D eigenvalue weighted by Gasteiger charge is 2.06. The number of sulfone groups is 1. The van der Waals surface area contributed by atoms with Crippen LogP contribution in [0.3, 0.4) is 0 Å². The molecule has 0 amide bonds. The first-order chi connectivity index (χ1) is 9.32. The van der Waals surface area contributed by atoms with Crippen LogP contribution in [-0.2, 0) is 21.1 Å². The van der Waals surface area contributed by atoms with E-state index in [1.54, 1.807) is 31.4 Å². The number of benzene rings is 1. The molecular weight excluding hydrogens is 278 g/mol. The summed E-state index contributed by atoms with van der Waals surface area (Å²) in [5.74, 6) is 0.335. The maximum Gasteiger partial charge on any atom is 0.189 e. The summed E-state index contributed by atoms with van der Waals surface area (Å²) in [6, 6.07) is 6.67. The van der Waals surface area contributed by atoms with E-state index in [1.165, 1.54) is 6.26 Å². The first-order valence-corrected chi connectivity index (χ1v) is 8.06. The van der Waals surface area contributed by atoms with E-state index in [0.29, 0.717) is 24.0 Å². The first kappa shape index (κ1) is 16.5. The van der Waals surface area contributed by atoms with Gasteiger partial charge in [-0.15, -0.1) is 0 Å². The monoisotopic (exact) mass is 299 g/mol. The molecule has 6 nitrogen and oxygen atoms in total. The van der Waals surface area contributed by atoms with Gasteiger partial charge in [0.05, 0.1) is 18.0 Å². The Morgan fingerprint density at radius 3 is 2.50 bits per heavy atom. The van der Waals surface area contributed by atoms with Gasteiger partial charge < -0.3 is 15.8 Å². The Kier molecular flexibility index (Phi) is 5.97. The van der Waals surface area contributed by atoms with Gasteiger partial charge in [0.25, 0.3) is 0 Å². The predicted octanol–water partition coefficient (Wildman–Crippen LogP) is 0.529. The third-order valence-electron chi connectivity index (χ3n) is 2.59. The van der Waals surface area contributed by atoms with Gasteiger partial charge in [0.15, 0.2) is 15.8 Å². The van der Waals surface area contributed by atoms with Crippen LogP contribution in [0.5, 0.6) is 0 Å². The van der Waals surface area contributed by atoms with Gasteiger partial charge in [0, 0.05) is 19.4 Å². The van der Waals surface area contributed by atoms with Crippen LogP contribution in [0.15, 0.2) is 34.2 Å². The molecule has 0 bridgehead atoms. The average Bonchev–Trinajstić information content (AvgIpc) is 2.36. The van der Waals surface area contributed by atoms with Crippen molar-refractivity contribution in [3.63, 3.8) is 0 Å². The van der Waals surface area contributed by atoms with Gasteiger partial charge in [-0.1, -0.05) is 12.1 Å². The molecule has 1 aromatic rings. The van der Waals surface area contributed by atoms with Crippen molar-refractivity contribution in [3.8, 4) is 0 Å². The molecule has 3 N–H and O–H groups in total. The van der Waals surface area contributed by atoms with E-state index in [0.717, 1.165) is 5.56 Å². The third kappa shape index (κ3) is 5.58. The minimum atomic E-state index is -3.16. The zero-order valence-corrected chi connectivity index (χ0v) is 12.8. The highest BCUT2D eigenvalue weighted by Crippen LogP contribution is 2.10. The molecule has 20 heavy (non-hydrogen) atoms. The van der Waals surface area contributed by atoms with Crippen LogP contribution in [0.4, 0.5) is 0 Å². The number of nitrogens with one attached hydrogen (secondary N) is 1. The second kappa shape index (κ2) is 7.25. The lowest BCUT2D eigenvalue weighted by Gasteiger charge is -2.13. The van der Waals surface area contributed by atoms with E-state index in [-0.39, 0.29) is 6.04 Å². The Morgan fingerprint density at radius 2 is 2.00 bits per heavy atom. The molecule has 1 atom stereocenters. The number of aliphatic imine (C=N–C) groups is 1. The van der Waals surface area contributed by atoms with Crippen molar-refractivity contribution in [1.29, 1.82) is 0 Å². The van der Waals surface area contributed by atoms with Crippen LogP contribution in [0.1, 0.15) is 12.5 Å². The Balaban J connectivity index is 2.61. The Morgan fingerprint density at radius 1 is 1.40 bits per heavy atom. The lowest BCUT2D eigenvalue weighted by molar-refractivity contribution is 0.179. The number of methoxy groups -OCH3 is 1. The molecule has 0 aromatic heterocycles. The van der Waals surface area contributed by atoms with E-state index in [1.807, 2.05) is 6.92 Å². The zero-order valence-electron chi connectivity index (χ0n) is 12.0. The third-order valence-corrected chi connectivity index (χ3v) is 3.72. The maximum atomic E-state index is 11.3. The fraction of sp³-hybridized carbons (Fsp3) is 0.462. The summed E-state index contributed by atoms with van der Waals surface area (Å²) in [6.45, 7) is 2.87. The number of guanidine groups is 1. The molecule has 0 saturated heterocycles. The number of hydrogen-bond donors (Lipinski definition) is 2. The molecule has 0 saturated carbocycles. The van der Waals surface area contributed by atoms with Crippen LogP contribution < -0.4 is 11.1 Å². The van der Waals surface area contributed by atoms with Gasteiger partial charge in [0.2, 0.25) is 0 Å². The molecule has 0 aliphatic heterocycles. The van der Waals surface area contributed by atoms with Crippen molar-refractivity contribution in [2.45, 2.75) is 24.4 Å². The largest absolute Gasteiger partial charge is 0.383 e. The van der Waals surface area contributed by atoms with E-state index in [9.17, 15) is 8.42 Å². The highest BCUT2D eigenvalue weighted by atomic mass is 32.2. The van der Waals surface area contributed by atoms with Gasteiger partial charge in [-0.3, -0.25) is 0 Å². The zero-order chi connectivity index (χ0) is 15.2. The van der Waals surface area contributed by atoms with Crippen molar-refractivity contribution in [1.82, 2.24) is 5.32 Å². The molecule has 0 radical (unpaired) electrons. The molecule has 1 unspecified atom stereocenters. The van der Waals surface area contributed by atoms with Crippen LogP contribution in [-0.4, -0.2) is 40.4 Å². The number of rotatable bonds is 6. The smallest absolute Gasteiger partial charge is 0.189 e. The molecule has 0 aliphatic carbocycles. The molecule has 0 heterocycles. The number of nitrogens with two attached hydrogens (primary N) is 1. The Hall–Kier alpha value is -1.60. The summed E-state index contributed by atoms with van der Waals surface area (Å²) in [6.07, 6.45) is 1.18. The number of hydrogen-bond acceptors (Lipinski definition) is 4. The van der Waals surface area contributed by atoms with Crippen LogP contribution >= 0.6 is 0 Å². The van der Waals surface area contributed by atoms with Gasteiger partial charge in [-0.25, -0.2) is 13.4 Å². The number of nitrogens with zero attached hydrogens (tertiary/aromatic N) is 1. The highest BCUT2D eigenvalue weighted by molar-refractivity contribution is 7.90. The summed E-state index contributed by atoms with van der Waals surface area (Å²) in [7, 11) is -1.54. The minimum absolute atomic E-state index is 0.0800. The Bertz CT molecular complexity index is 553. The maximum absolute atomic E-state index is 11.3. The molecule has 0 spiro atoms. The topological polar surface area (TPSA) is 93.8 Å². The molecule has 1 rings (SSSR count). The lowest BCUT2D eigenvalue weighted by atomic mass is 10.2. The first-order valence-electron chi connectivity index (χ1n) is 6.17. The van der Waals surface area contributed by atoms with Crippen molar-refractivity contribution in [3.05, 3.63) is 29.8 Å². The van der Waals surface area contributed by atoms with Gasteiger partial charge >= 0.3 is 0 Å². The van der Waals surface area contributed by atoms with Gasteiger partial charge in [0.1, 0.15) is 0 Å². The standard InChI is InChI=1S/C13H21N3O3S/c1-10(9-19-2)16-13(14)15-8-11-4-6-12(7-5-11)20(3,17)18/h4-7,10H,8-9H2,1-3H3,(H3,14,15,16). The Labute approximate surface area is 120 Å². The van der Waals surface area contributed by atoms with Crippen molar-refractivity contribution in [2.24, 2.45) is 10.7 Å². The number of ether oxygens (including phenoxy) is 1. The molecule has 0 aliphatic rings. The predicted molar refractivity (Wildman–Crippen MR) is 79.4 cm³/mol. The van der Waals surface area contributed by atoms with Gasteiger partial charge in [-0.05, 0) is 24.6 Å². The lowest BCUT2D eigenvalue weighted by Crippen LogP contribution is -2.40. The van der Waals surface area contributed by atoms with E-state index < -0.39 is 9.84 Å². The molecule has 112 valence electrons. The summed E-state index contributed by atoms with van der Waals surface area (Å²) < 4.78 is 27.6. The van der Waals surface area contributed by atoms with Crippen molar-refractivity contribution < 1.29 is 13.2 Å². The van der Waals surface area contributed by atoms with Gasteiger partial charge in [-0.2, -0.15) is 0 Å². The quantitative estimate of drug-likeness (QED) is 0.590. The average molecular weight is 299 g/mol. The van der Waals surface area contributed by atoms with Crippen LogP contribution in [0.2, 0.25) is 0 Å².